The van der Waals surface area contributed by atoms with Crippen LogP contribution in [0, 0.1) is 0 Å². The van der Waals surface area contributed by atoms with Crippen molar-refractivity contribution in [1.29, 1.82) is 0 Å². The molecule has 1 unspecified atom stereocenters. The van der Waals surface area contributed by atoms with Gasteiger partial charge < -0.3 is 20.8 Å². The van der Waals surface area contributed by atoms with E-state index in [0.29, 0.717) is 6.42 Å². The summed E-state index contributed by atoms with van der Waals surface area (Å²) < 4.78 is 5.10. The number of carbonyl (C=O) groups is 1. The predicted octanol–water partition coefficient (Wildman–Crippen LogP) is 2.58. The Balaban J connectivity index is 2.29. The number of amides is 1. The largest absolute Gasteiger partial charge is 0.394 e. The number of benzene rings is 1. The van der Waals surface area contributed by atoms with E-state index < -0.39 is 0 Å². The molecule has 6 heteroatoms. The number of aromatic amines is 1. The molecule has 0 bridgehead atoms. The number of pyridine rings is 1. The molecule has 1 aromatic heterocycles. The van der Waals surface area contributed by atoms with Gasteiger partial charge in [0.15, 0.2) is 0 Å². The maximum Gasteiger partial charge on any atom is 0.271 e. The van der Waals surface area contributed by atoms with Crippen LogP contribution in [0.3, 0.4) is 0 Å². The summed E-state index contributed by atoms with van der Waals surface area (Å²) in [5.41, 5.74) is 8.72. The van der Waals surface area contributed by atoms with Gasteiger partial charge in [0.1, 0.15) is 0 Å². The zero-order valence-electron chi connectivity index (χ0n) is 16.0. The summed E-state index contributed by atoms with van der Waals surface area (Å²) in [5, 5.41) is 2.86. The number of H-pyrrole nitrogens is 1. The summed E-state index contributed by atoms with van der Waals surface area (Å²) in [6.45, 7) is 2.77. The van der Waals surface area contributed by atoms with E-state index in [1.165, 1.54) is 5.56 Å². The third-order valence-electron chi connectivity index (χ3n) is 4.85. The van der Waals surface area contributed by atoms with Gasteiger partial charge in [-0.25, -0.2) is 0 Å². The minimum Gasteiger partial charge on any atom is -0.394 e. The topological polar surface area (TPSA) is 97.2 Å². The molecule has 1 aromatic carbocycles. The lowest BCUT2D eigenvalue weighted by molar-refractivity contribution is -0.110. The molecular weight excluding hydrogens is 342 g/mol. The van der Waals surface area contributed by atoms with Crippen molar-refractivity contribution in [1.82, 2.24) is 10.3 Å². The molecule has 0 radical (unpaired) electrons. The fourth-order valence-corrected chi connectivity index (χ4v) is 3.22. The second-order valence-corrected chi connectivity index (χ2v) is 6.71. The molecule has 0 saturated carbocycles. The number of rotatable bonds is 11. The van der Waals surface area contributed by atoms with Crippen LogP contribution in [-0.4, -0.2) is 31.2 Å². The molecule has 1 heterocycles. The molecule has 1 amide bonds. The monoisotopic (exact) mass is 371 g/mol. The number of carbonyl (C=O) groups excluding carboxylic acids is 1. The average molecular weight is 371 g/mol. The Morgan fingerprint density at radius 2 is 1.96 bits per heavy atom. The van der Waals surface area contributed by atoms with Gasteiger partial charge in [0, 0.05) is 31.4 Å². The normalized spacial score (nSPS) is 13.1. The van der Waals surface area contributed by atoms with E-state index >= 15 is 0 Å². The molecule has 2 rings (SSSR count). The van der Waals surface area contributed by atoms with Crippen molar-refractivity contribution in [2.45, 2.75) is 44.6 Å². The highest BCUT2D eigenvalue weighted by Gasteiger charge is 2.20. The number of methoxy groups -OCH3 is 1. The Kier molecular flexibility index (Phi) is 8.07. The first-order valence-electron chi connectivity index (χ1n) is 9.35. The first-order valence-corrected chi connectivity index (χ1v) is 9.35. The van der Waals surface area contributed by atoms with Crippen LogP contribution in [0.1, 0.15) is 48.9 Å². The number of hydrogen-bond acceptors (Lipinski definition) is 4. The van der Waals surface area contributed by atoms with Crippen molar-refractivity contribution >= 4 is 12.1 Å². The molecule has 27 heavy (non-hydrogen) atoms. The lowest BCUT2D eigenvalue weighted by Gasteiger charge is -2.23. The number of aromatic nitrogens is 1. The third kappa shape index (κ3) is 5.96. The fourth-order valence-electron chi connectivity index (χ4n) is 3.22. The molecule has 2 atom stereocenters. The molecule has 4 N–H and O–H groups in total. The van der Waals surface area contributed by atoms with Gasteiger partial charge in [-0.3, -0.25) is 9.59 Å². The van der Waals surface area contributed by atoms with E-state index in [0.717, 1.165) is 43.5 Å². The maximum atomic E-state index is 12.0. The van der Waals surface area contributed by atoms with Gasteiger partial charge >= 0.3 is 0 Å². The van der Waals surface area contributed by atoms with Crippen molar-refractivity contribution in [3.63, 3.8) is 0 Å². The summed E-state index contributed by atoms with van der Waals surface area (Å²) >= 11 is 0. The SMILES string of the molecule is CC[C@H](CC(c1ccc(CCCOC)cc1)c1ccc(N)c(=O)[nH]1)NC=O. The van der Waals surface area contributed by atoms with Gasteiger partial charge in [-0.2, -0.15) is 0 Å². The van der Waals surface area contributed by atoms with Crippen LogP contribution < -0.4 is 16.6 Å². The number of nitrogens with two attached hydrogens (primary N) is 1. The van der Waals surface area contributed by atoms with Crippen molar-refractivity contribution in [2.75, 3.05) is 19.5 Å². The van der Waals surface area contributed by atoms with Crippen LogP contribution in [0.2, 0.25) is 0 Å². The van der Waals surface area contributed by atoms with Crippen LogP contribution in [0.15, 0.2) is 41.2 Å². The summed E-state index contributed by atoms with van der Waals surface area (Å²) in [6, 6.07) is 11.9. The lowest BCUT2D eigenvalue weighted by Crippen LogP contribution is -2.30. The minimum atomic E-state index is -0.287. The molecule has 146 valence electrons. The Bertz CT molecular complexity index is 771. The van der Waals surface area contributed by atoms with Gasteiger partial charge in [0.25, 0.3) is 5.56 Å². The zero-order chi connectivity index (χ0) is 19.6. The van der Waals surface area contributed by atoms with E-state index in [-0.39, 0.29) is 23.2 Å². The fraction of sp³-hybridized carbons (Fsp3) is 0.429. The lowest BCUT2D eigenvalue weighted by atomic mass is 9.87. The molecule has 0 aliphatic heterocycles. The standard InChI is InChI=1S/C21H29N3O3/c1-3-17(23-14-25)13-18(20-11-10-19(22)21(26)24-20)16-8-6-15(7-9-16)5-4-12-27-2/h6-11,14,17-18H,3-5,12-13,22H2,1-2H3,(H,23,25)(H,24,26)/t17-,18?/m1/s1. The number of hydrogen-bond donors (Lipinski definition) is 3. The van der Waals surface area contributed by atoms with Gasteiger partial charge in [0.2, 0.25) is 6.41 Å². The van der Waals surface area contributed by atoms with Gasteiger partial charge in [-0.15, -0.1) is 0 Å². The van der Waals surface area contributed by atoms with Crippen molar-refractivity contribution in [3.8, 4) is 0 Å². The smallest absolute Gasteiger partial charge is 0.271 e. The maximum absolute atomic E-state index is 12.0. The number of aryl methyl sites for hydroxylation is 1. The molecule has 0 fully saturated rings. The third-order valence-corrected chi connectivity index (χ3v) is 4.85. The number of nitrogen functional groups attached to an aromatic ring is 1. The molecule has 0 spiro atoms. The second kappa shape index (κ2) is 10.5. The van der Waals surface area contributed by atoms with Crippen molar-refractivity contribution < 1.29 is 9.53 Å². The summed E-state index contributed by atoms with van der Waals surface area (Å²) in [4.78, 5) is 25.8. The van der Waals surface area contributed by atoms with E-state index in [4.69, 9.17) is 10.5 Å². The Morgan fingerprint density at radius 3 is 2.56 bits per heavy atom. The summed E-state index contributed by atoms with van der Waals surface area (Å²) in [6.07, 6.45) is 4.17. The van der Waals surface area contributed by atoms with Gasteiger partial charge in [0.05, 0.1) is 5.69 Å². The Morgan fingerprint density at radius 1 is 1.22 bits per heavy atom. The van der Waals surface area contributed by atoms with E-state index in [1.54, 1.807) is 13.2 Å². The van der Waals surface area contributed by atoms with Gasteiger partial charge in [-0.1, -0.05) is 31.2 Å². The highest BCUT2D eigenvalue weighted by atomic mass is 16.5. The van der Waals surface area contributed by atoms with E-state index in [1.807, 2.05) is 13.0 Å². The zero-order valence-corrected chi connectivity index (χ0v) is 16.0. The first kappa shape index (κ1) is 20.7. The quantitative estimate of drug-likeness (QED) is 0.418. The Labute approximate surface area is 160 Å². The number of anilines is 1. The second-order valence-electron chi connectivity index (χ2n) is 6.71. The molecule has 0 saturated heterocycles. The molecule has 0 aliphatic carbocycles. The van der Waals surface area contributed by atoms with Crippen molar-refractivity contribution in [3.05, 3.63) is 63.6 Å². The minimum absolute atomic E-state index is 0.0231. The molecular formula is C21H29N3O3. The van der Waals surface area contributed by atoms with Crippen molar-refractivity contribution in [2.24, 2.45) is 0 Å². The van der Waals surface area contributed by atoms with Crippen LogP contribution in [0.5, 0.6) is 0 Å². The molecule has 0 aliphatic rings. The first-order chi connectivity index (χ1) is 13.1. The summed E-state index contributed by atoms with van der Waals surface area (Å²) in [5.74, 6) is -0.0382. The van der Waals surface area contributed by atoms with E-state index in [2.05, 4.69) is 34.6 Å². The predicted molar refractivity (Wildman–Crippen MR) is 108 cm³/mol. The van der Waals surface area contributed by atoms with Crippen LogP contribution >= 0.6 is 0 Å². The highest BCUT2D eigenvalue weighted by molar-refractivity contribution is 5.47. The summed E-state index contributed by atoms with van der Waals surface area (Å²) in [7, 11) is 1.71. The van der Waals surface area contributed by atoms with Crippen LogP contribution in [0.25, 0.3) is 0 Å². The average Bonchev–Trinajstić information content (AvgIpc) is 2.68. The molecule has 2 aromatic rings. The number of nitrogens with one attached hydrogen (secondary N) is 2. The van der Waals surface area contributed by atoms with Gasteiger partial charge in [-0.05, 0) is 48.9 Å². The highest BCUT2D eigenvalue weighted by Crippen LogP contribution is 2.29. The van der Waals surface area contributed by atoms with E-state index in [9.17, 15) is 9.59 Å². The molecule has 6 nitrogen and oxygen atoms in total. The van der Waals surface area contributed by atoms with Crippen LogP contribution in [-0.2, 0) is 16.0 Å². The Hall–Kier alpha value is -2.60. The van der Waals surface area contributed by atoms with Crippen LogP contribution in [0.4, 0.5) is 5.69 Å². The number of ether oxygens (including phenoxy) is 1.